The Morgan fingerprint density at radius 2 is 1.50 bits per heavy atom. The summed E-state index contributed by atoms with van der Waals surface area (Å²) in [5.74, 6) is -6.03. The molecule has 0 saturated heterocycles. The number of rotatable bonds is 2. The molecular formula is C13H8F3NO3. The maximum Gasteiger partial charge on any atom is 0.263 e. The van der Waals surface area contributed by atoms with E-state index in [1.165, 1.54) is 6.07 Å². The van der Waals surface area contributed by atoms with E-state index in [9.17, 15) is 28.2 Å². The van der Waals surface area contributed by atoms with Gasteiger partial charge in [0.1, 0.15) is 28.6 Å². The second-order valence-electron chi connectivity index (χ2n) is 3.87. The lowest BCUT2D eigenvalue weighted by atomic mass is 10.1. The van der Waals surface area contributed by atoms with Gasteiger partial charge in [-0.2, -0.15) is 0 Å². The minimum Gasteiger partial charge on any atom is -0.507 e. The molecule has 0 fully saturated rings. The van der Waals surface area contributed by atoms with Gasteiger partial charge in [-0.3, -0.25) is 4.79 Å². The van der Waals surface area contributed by atoms with Crippen LogP contribution in [-0.4, -0.2) is 16.1 Å². The third-order valence-corrected chi connectivity index (χ3v) is 2.49. The van der Waals surface area contributed by atoms with Gasteiger partial charge in [0.05, 0.1) is 0 Å². The zero-order chi connectivity index (χ0) is 14.9. The molecule has 104 valence electrons. The predicted octanol–water partition coefficient (Wildman–Crippen LogP) is 2.77. The van der Waals surface area contributed by atoms with Gasteiger partial charge in [-0.05, 0) is 12.1 Å². The van der Waals surface area contributed by atoms with Crippen LogP contribution in [0.1, 0.15) is 10.4 Å². The molecule has 0 aromatic heterocycles. The van der Waals surface area contributed by atoms with Gasteiger partial charge < -0.3 is 15.5 Å². The van der Waals surface area contributed by atoms with E-state index < -0.39 is 46.1 Å². The number of nitrogens with one attached hydrogen (secondary N) is 1. The lowest BCUT2D eigenvalue weighted by Crippen LogP contribution is -2.15. The van der Waals surface area contributed by atoms with Crippen molar-refractivity contribution in [2.45, 2.75) is 0 Å². The molecule has 2 rings (SSSR count). The van der Waals surface area contributed by atoms with Crippen LogP contribution in [0.3, 0.4) is 0 Å². The summed E-state index contributed by atoms with van der Waals surface area (Å²) >= 11 is 0. The highest BCUT2D eigenvalue weighted by molar-refractivity contribution is 6.08. The molecule has 4 nitrogen and oxygen atoms in total. The van der Waals surface area contributed by atoms with Crippen LogP contribution in [0.4, 0.5) is 18.9 Å². The van der Waals surface area contributed by atoms with Crippen molar-refractivity contribution in [2.24, 2.45) is 0 Å². The first-order chi connectivity index (χ1) is 9.40. The fourth-order valence-electron chi connectivity index (χ4n) is 1.60. The van der Waals surface area contributed by atoms with Crippen LogP contribution in [0.5, 0.6) is 11.5 Å². The molecule has 0 spiro atoms. The van der Waals surface area contributed by atoms with Crippen LogP contribution in [0, 0.1) is 17.5 Å². The maximum atomic E-state index is 13.4. The fraction of sp³-hybridized carbons (Fsp3) is 0. The third kappa shape index (κ3) is 2.51. The summed E-state index contributed by atoms with van der Waals surface area (Å²) in [5.41, 5.74) is -1.42. The van der Waals surface area contributed by atoms with Gasteiger partial charge >= 0.3 is 0 Å². The van der Waals surface area contributed by atoms with E-state index in [1.807, 2.05) is 5.32 Å². The van der Waals surface area contributed by atoms with Crippen molar-refractivity contribution < 1.29 is 28.2 Å². The fourth-order valence-corrected chi connectivity index (χ4v) is 1.60. The van der Waals surface area contributed by atoms with Crippen LogP contribution in [0.2, 0.25) is 0 Å². The maximum absolute atomic E-state index is 13.4. The number of hydrogen-bond acceptors (Lipinski definition) is 3. The number of hydrogen-bond donors (Lipinski definition) is 3. The number of benzene rings is 2. The molecule has 0 saturated carbocycles. The van der Waals surface area contributed by atoms with Gasteiger partial charge in [-0.25, -0.2) is 13.2 Å². The molecule has 0 radical (unpaired) electrons. The average molecular weight is 283 g/mol. The van der Waals surface area contributed by atoms with Crippen LogP contribution in [-0.2, 0) is 0 Å². The lowest BCUT2D eigenvalue weighted by molar-refractivity contribution is 0.102. The highest BCUT2D eigenvalue weighted by Crippen LogP contribution is 2.28. The Hall–Kier alpha value is -2.70. The van der Waals surface area contributed by atoms with E-state index in [0.717, 1.165) is 12.1 Å². The Morgan fingerprint density at radius 3 is 2.00 bits per heavy atom. The molecule has 7 heteroatoms. The average Bonchev–Trinajstić information content (AvgIpc) is 2.33. The van der Waals surface area contributed by atoms with Gasteiger partial charge in [-0.15, -0.1) is 0 Å². The SMILES string of the molecule is O=C(Nc1c(F)cc(F)cc1F)c1c(O)cccc1O. The Bertz CT molecular complexity index is 645. The van der Waals surface area contributed by atoms with Crippen LogP contribution < -0.4 is 5.32 Å². The van der Waals surface area contributed by atoms with Crippen molar-refractivity contribution in [1.82, 2.24) is 0 Å². The Kier molecular flexibility index (Phi) is 3.51. The minimum atomic E-state index is -1.31. The number of halogens is 3. The first-order valence-electron chi connectivity index (χ1n) is 5.37. The third-order valence-electron chi connectivity index (χ3n) is 2.49. The molecule has 0 atom stereocenters. The zero-order valence-electron chi connectivity index (χ0n) is 9.82. The van der Waals surface area contributed by atoms with Gasteiger partial charge in [0.15, 0.2) is 11.6 Å². The molecule has 2 aromatic carbocycles. The van der Waals surface area contributed by atoms with Crippen LogP contribution >= 0.6 is 0 Å². The summed E-state index contributed by atoms with van der Waals surface area (Å²) in [6, 6.07) is 4.30. The van der Waals surface area contributed by atoms with Gasteiger partial charge in [0.25, 0.3) is 5.91 Å². The highest BCUT2D eigenvalue weighted by Gasteiger charge is 2.20. The molecule has 0 aliphatic carbocycles. The van der Waals surface area contributed by atoms with Gasteiger partial charge in [0, 0.05) is 12.1 Å². The standard InChI is InChI=1S/C13H8F3NO3/c14-6-4-7(15)12(8(16)5-6)17-13(20)11-9(18)2-1-3-10(11)19/h1-5,18-19H,(H,17,20). The Morgan fingerprint density at radius 1 is 1.00 bits per heavy atom. The van der Waals surface area contributed by atoms with Crippen molar-refractivity contribution in [3.05, 3.63) is 53.3 Å². The normalized spacial score (nSPS) is 10.3. The Balaban J connectivity index is 2.38. The summed E-state index contributed by atoms with van der Waals surface area (Å²) in [5, 5.41) is 20.7. The monoisotopic (exact) mass is 283 g/mol. The second-order valence-corrected chi connectivity index (χ2v) is 3.87. The minimum absolute atomic E-state index is 0.392. The van der Waals surface area contributed by atoms with E-state index in [0.29, 0.717) is 12.1 Å². The molecule has 0 bridgehead atoms. The number of aromatic hydroxyl groups is 2. The summed E-state index contributed by atoms with van der Waals surface area (Å²) in [6.45, 7) is 0. The van der Waals surface area contributed by atoms with Crippen molar-refractivity contribution >= 4 is 11.6 Å². The number of amides is 1. The molecule has 1 amide bonds. The van der Waals surface area contributed by atoms with E-state index in [-0.39, 0.29) is 0 Å². The zero-order valence-corrected chi connectivity index (χ0v) is 9.82. The van der Waals surface area contributed by atoms with E-state index in [4.69, 9.17) is 0 Å². The molecule has 0 aliphatic heterocycles. The number of anilines is 1. The van der Waals surface area contributed by atoms with Crippen molar-refractivity contribution in [3.63, 3.8) is 0 Å². The molecule has 0 heterocycles. The topological polar surface area (TPSA) is 69.6 Å². The van der Waals surface area contributed by atoms with E-state index >= 15 is 0 Å². The quantitative estimate of drug-likeness (QED) is 0.793. The number of carbonyl (C=O) groups is 1. The molecule has 2 aromatic rings. The Labute approximate surface area is 111 Å². The van der Waals surface area contributed by atoms with Crippen LogP contribution in [0.25, 0.3) is 0 Å². The van der Waals surface area contributed by atoms with Crippen molar-refractivity contribution in [3.8, 4) is 11.5 Å². The largest absolute Gasteiger partial charge is 0.507 e. The summed E-state index contributed by atoms with van der Waals surface area (Å²) < 4.78 is 39.5. The number of phenolic OH excluding ortho intramolecular Hbond substituents is 2. The lowest BCUT2D eigenvalue weighted by Gasteiger charge is -2.10. The first kappa shape index (κ1) is 13.7. The van der Waals surface area contributed by atoms with Gasteiger partial charge in [-0.1, -0.05) is 6.07 Å². The molecule has 3 N–H and O–H groups in total. The van der Waals surface area contributed by atoms with Gasteiger partial charge in [0.2, 0.25) is 0 Å². The smallest absolute Gasteiger partial charge is 0.263 e. The molecular weight excluding hydrogens is 275 g/mol. The van der Waals surface area contributed by atoms with Crippen LogP contribution in [0.15, 0.2) is 30.3 Å². The number of phenols is 2. The van der Waals surface area contributed by atoms with Crippen molar-refractivity contribution in [2.75, 3.05) is 5.32 Å². The molecule has 0 unspecified atom stereocenters. The second kappa shape index (κ2) is 5.12. The first-order valence-corrected chi connectivity index (χ1v) is 5.37. The summed E-state index contributed by atoms with van der Waals surface area (Å²) in [4.78, 5) is 11.8. The predicted molar refractivity (Wildman–Crippen MR) is 64.0 cm³/mol. The summed E-state index contributed by atoms with van der Waals surface area (Å²) in [7, 11) is 0. The highest BCUT2D eigenvalue weighted by atomic mass is 19.1. The number of carbonyl (C=O) groups excluding carboxylic acids is 1. The van der Waals surface area contributed by atoms with E-state index in [2.05, 4.69) is 0 Å². The summed E-state index contributed by atoms with van der Waals surface area (Å²) in [6.07, 6.45) is 0. The van der Waals surface area contributed by atoms with Crippen molar-refractivity contribution in [1.29, 1.82) is 0 Å². The molecule has 0 aliphatic rings. The van der Waals surface area contributed by atoms with E-state index in [1.54, 1.807) is 0 Å². The molecule has 20 heavy (non-hydrogen) atoms.